The second-order valence-corrected chi connectivity index (χ2v) is 4.76. The topological polar surface area (TPSA) is 38.3 Å². The van der Waals surface area contributed by atoms with Gasteiger partial charge in [0, 0.05) is 0 Å². The summed E-state index contributed by atoms with van der Waals surface area (Å²) in [5.41, 5.74) is 1.83. The molecule has 1 aromatic rings. The molecule has 0 heterocycles. The minimum absolute atomic E-state index is 0.0732. The van der Waals surface area contributed by atoms with Crippen molar-refractivity contribution in [3.05, 3.63) is 29.3 Å². The van der Waals surface area contributed by atoms with Crippen LogP contribution >= 0.6 is 0 Å². The van der Waals surface area contributed by atoms with Gasteiger partial charge in [-0.3, -0.25) is 4.79 Å². The van der Waals surface area contributed by atoms with Gasteiger partial charge in [-0.15, -0.1) is 0 Å². The number of Topliss-reactive ketones (excluding diaryl/α,β-unsaturated/α-hetero) is 1. The van der Waals surface area contributed by atoms with E-state index in [1.807, 2.05) is 32.0 Å². The highest BCUT2D eigenvalue weighted by Gasteiger charge is 2.18. The summed E-state index contributed by atoms with van der Waals surface area (Å²) in [6.07, 6.45) is 0. The normalized spacial score (nSPS) is 12.6. The summed E-state index contributed by atoms with van der Waals surface area (Å²) in [5, 5.41) is 3.13. The fraction of sp³-hybridized carbons (Fsp3) is 0.533. The third-order valence-corrected chi connectivity index (χ3v) is 3.06. The second-order valence-electron chi connectivity index (χ2n) is 4.76. The lowest BCUT2D eigenvalue weighted by Crippen LogP contribution is -2.33. The van der Waals surface area contributed by atoms with Crippen LogP contribution in [0.1, 0.15) is 49.5 Å². The number of methoxy groups -OCH3 is 1. The molecule has 0 spiro atoms. The lowest BCUT2D eigenvalue weighted by atomic mass is 9.97. The Morgan fingerprint density at radius 1 is 1.33 bits per heavy atom. The van der Waals surface area contributed by atoms with Crippen LogP contribution in [0.5, 0.6) is 5.75 Å². The molecule has 0 aliphatic heterocycles. The molecule has 0 aliphatic rings. The van der Waals surface area contributed by atoms with Gasteiger partial charge in [0.1, 0.15) is 5.75 Å². The van der Waals surface area contributed by atoms with Crippen molar-refractivity contribution >= 4 is 5.78 Å². The van der Waals surface area contributed by atoms with Gasteiger partial charge in [-0.05, 0) is 37.1 Å². The van der Waals surface area contributed by atoms with E-state index in [4.69, 9.17) is 4.74 Å². The van der Waals surface area contributed by atoms with Crippen LogP contribution in [0, 0.1) is 0 Å². The van der Waals surface area contributed by atoms with Crippen LogP contribution in [-0.4, -0.2) is 25.5 Å². The number of hydrogen-bond donors (Lipinski definition) is 1. The van der Waals surface area contributed by atoms with Crippen molar-refractivity contribution < 1.29 is 9.53 Å². The van der Waals surface area contributed by atoms with Crippen LogP contribution in [0.3, 0.4) is 0 Å². The van der Waals surface area contributed by atoms with Crippen molar-refractivity contribution in [1.82, 2.24) is 5.32 Å². The highest BCUT2D eigenvalue weighted by atomic mass is 16.5. The number of benzene rings is 1. The monoisotopic (exact) mass is 249 g/mol. The van der Waals surface area contributed by atoms with Gasteiger partial charge in [0.15, 0.2) is 5.78 Å². The van der Waals surface area contributed by atoms with Crippen molar-refractivity contribution in [1.29, 1.82) is 0 Å². The quantitative estimate of drug-likeness (QED) is 0.788. The smallest absolute Gasteiger partial charge is 0.183 e. The fourth-order valence-corrected chi connectivity index (χ4v) is 1.90. The summed E-state index contributed by atoms with van der Waals surface area (Å²) in [6.45, 7) is 8.89. The molecule has 0 amide bonds. The van der Waals surface area contributed by atoms with Crippen LogP contribution in [0.2, 0.25) is 0 Å². The van der Waals surface area contributed by atoms with Gasteiger partial charge in [-0.1, -0.05) is 26.8 Å². The number of nitrogens with one attached hydrogen (secondary N) is 1. The first-order valence-corrected chi connectivity index (χ1v) is 6.46. The Balaban J connectivity index is 3.05. The average molecular weight is 249 g/mol. The van der Waals surface area contributed by atoms with Gasteiger partial charge < -0.3 is 10.1 Å². The number of carbonyl (C=O) groups is 1. The molecule has 3 nitrogen and oxygen atoms in total. The van der Waals surface area contributed by atoms with E-state index in [2.05, 4.69) is 19.2 Å². The van der Waals surface area contributed by atoms with Crippen molar-refractivity contribution in [2.24, 2.45) is 0 Å². The van der Waals surface area contributed by atoms with Crippen LogP contribution in [-0.2, 0) is 0 Å². The molecule has 18 heavy (non-hydrogen) atoms. The molecule has 0 saturated heterocycles. The summed E-state index contributed by atoms with van der Waals surface area (Å²) < 4.78 is 5.34. The van der Waals surface area contributed by atoms with E-state index in [9.17, 15) is 4.79 Å². The average Bonchev–Trinajstić information content (AvgIpc) is 2.37. The van der Waals surface area contributed by atoms with Crippen molar-refractivity contribution in [2.75, 3.05) is 13.7 Å². The Bertz CT molecular complexity index is 413. The predicted octanol–water partition coefficient (Wildman–Crippen LogP) is 3.00. The molecule has 0 aromatic heterocycles. The molecule has 0 bridgehead atoms. The summed E-state index contributed by atoms with van der Waals surface area (Å²) in [5.74, 6) is 1.16. The molecule has 1 N–H and O–H groups in total. The van der Waals surface area contributed by atoms with Gasteiger partial charge in [-0.25, -0.2) is 0 Å². The largest absolute Gasteiger partial charge is 0.496 e. The van der Waals surface area contributed by atoms with Crippen LogP contribution in [0.15, 0.2) is 18.2 Å². The second kappa shape index (κ2) is 6.55. The molecule has 0 radical (unpaired) electrons. The molecule has 3 heteroatoms. The summed E-state index contributed by atoms with van der Waals surface area (Å²) in [6, 6.07) is 5.63. The maximum absolute atomic E-state index is 12.3. The molecule has 1 rings (SSSR count). The van der Waals surface area contributed by atoms with Gasteiger partial charge in [0.2, 0.25) is 0 Å². The molecular weight excluding hydrogens is 226 g/mol. The van der Waals surface area contributed by atoms with Gasteiger partial charge in [0.05, 0.1) is 18.7 Å². The van der Waals surface area contributed by atoms with Crippen molar-refractivity contribution in [2.45, 2.75) is 39.7 Å². The maximum atomic E-state index is 12.3. The molecule has 0 fully saturated rings. The number of hydrogen-bond acceptors (Lipinski definition) is 3. The summed E-state index contributed by atoms with van der Waals surface area (Å²) in [4.78, 5) is 12.3. The first-order valence-electron chi connectivity index (χ1n) is 6.46. The van der Waals surface area contributed by atoms with E-state index in [0.717, 1.165) is 6.54 Å². The minimum Gasteiger partial charge on any atom is -0.496 e. The van der Waals surface area contributed by atoms with E-state index in [0.29, 0.717) is 17.2 Å². The zero-order valence-corrected chi connectivity index (χ0v) is 11.9. The predicted molar refractivity (Wildman–Crippen MR) is 74.6 cm³/mol. The molecule has 1 aromatic carbocycles. The molecule has 1 atom stereocenters. The van der Waals surface area contributed by atoms with Gasteiger partial charge in [-0.2, -0.15) is 0 Å². The molecular formula is C15H23NO2. The highest BCUT2D eigenvalue weighted by Crippen LogP contribution is 2.25. The SMILES string of the molecule is CCNC(C)C(=O)c1ccc(C(C)C)cc1OC. The van der Waals surface area contributed by atoms with E-state index in [1.54, 1.807) is 7.11 Å². The van der Waals surface area contributed by atoms with E-state index in [-0.39, 0.29) is 11.8 Å². The molecule has 100 valence electrons. The summed E-state index contributed by atoms with van der Waals surface area (Å²) >= 11 is 0. The van der Waals surface area contributed by atoms with Gasteiger partial charge >= 0.3 is 0 Å². The first-order chi connectivity index (χ1) is 8.51. The van der Waals surface area contributed by atoms with Crippen LogP contribution < -0.4 is 10.1 Å². The Morgan fingerprint density at radius 2 is 2.00 bits per heavy atom. The van der Waals surface area contributed by atoms with E-state index >= 15 is 0 Å². The minimum atomic E-state index is -0.186. The molecule has 0 aliphatic carbocycles. The Hall–Kier alpha value is -1.35. The van der Waals surface area contributed by atoms with Crippen molar-refractivity contribution in [3.63, 3.8) is 0 Å². The van der Waals surface area contributed by atoms with E-state index in [1.165, 1.54) is 5.56 Å². The van der Waals surface area contributed by atoms with Crippen LogP contribution in [0.4, 0.5) is 0 Å². The Labute approximate surface area is 110 Å². The Kier molecular flexibility index (Phi) is 5.35. The number of ketones is 1. The lowest BCUT2D eigenvalue weighted by Gasteiger charge is -2.15. The fourth-order valence-electron chi connectivity index (χ4n) is 1.90. The standard InChI is InChI=1S/C15H23NO2/c1-6-16-11(4)15(17)13-8-7-12(10(2)3)9-14(13)18-5/h7-11,16H,6H2,1-5H3. The number of carbonyl (C=O) groups excluding carboxylic acids is 1. The van der Waals surface area contributed by atoms with Crippen LogP contribution in [0.25, 0.3) is 0 Å². The third-order valence-electron chi connectivity index (χ3n) is 3.06. The Morgan fingerprint density at radius 3 is 2.50 bits per heavy atom. The third kappa shape index (κ3) is 3.33. The maximum Gasteiger partial charge on any atom is 0.183 e. The lowest BCUT2D eigenvalue weighted by molar-refractivity contribution is 0.0949. The first kappa shape index (κ1) is 14.7. The number of rotatable bonds is 6. The van der Waals surface area contributed by atoms with E-state index < -0.39 is 0 Å². The zero-order valence-electron chi connectivity index (χ0n) is 11.9. The molecule has 0 saturated carbocycles. The zero-order chi connectivity index (χ0) is 13.7. The summed E-state index contributed by atoms with van der Waals surface area (Å²) in [7, 11) is 1.61. The van der Waals surface area contributed by atoms with Gasteiger partial charge in [0.25, 0.3) is 0 Å². The number of likely N-dealkylation sites (N-methyl/N-ethyl adjacent to an activating group) is 1. The molecule has 1 unspecified atom stereocenters. The highest BCUT2D eigenvalue weighted by molar-refractivity contribution is 6.02. The number of ether oxygens (including phenoxy) is 1. The van der Waals surface area contributed by atoms with Crippen molar-refractivity contribution in [3.8, 4) is 5.75 Å².